The van der Waals surface area contributed by atoms with Crippen LogP contribution in [0.1, 0.15) is 23.6 Å². The minimum absolute atomic E-state index is 0.0636. The largest absolute Gasteiger partial charge is 0.416 e. The Morgan fingerprint density at radius 2 is 1.71 bits per heavy atom. The van der Waals surface area contributed by atoms with Crippen LogP contribution in [0.15, 0.2) is 47.5 Å². The Morgan fingerprint density at radius 3 is 2.29 bits per heavy atom. The lowest BCUT2D eigenvalue weighted by molar-refractivity contribution is -0.138. The van der Waals surface area contributed by atoms with Crippen LogP contribution >= 0.6 is 0 Å². The van der Waals surface area contributed by atoms with Gasteiger partial charge in [0, 0.05) is 13.1 Å². The van der Waals surface area contributed by atoms with E-state index in [0.29, 0.717) is 18.2 Å². The summed E-state index contributed by atoms with van der Waals surface area (Å²) in [6.45, 7) is 1.89. The van der Waals surface area contributed by atoms with Crippen molar-refractivity contribution in [2.24, 2.45) is 16.6 Å². The van der Waals surface area contributed by atoms with E-state index in [0.717, 1.165) is 12.1 Å². The molecule has 4 N–H and O–H groups in total. The number of benzene rings is 2. The van der Waals surface area contributed by atoms with Crippen LogP contribution in [0, 0.1) is 17.6 Å². The van der Waals surface area contributed by atoms with E-state index in [1.54, 1.807) is 6.92 Å². The third-order valence-corrected chi connectivity index (χ3v) is 4.44. The highest BCUT2D eigenvalue weighted by Crippen LogP contribution is 2.32. The molecule has 0 aromatic heterocycles. The summed E-state index contributed by atoms with van der Waals surface area (Å²) in [4.78, 5) is 15.9. The average Bonchev–Trinajstić information content (AvgIpc) is 2.70. The number of aliphatic imine (C=N–C) groups is 1. The molecule has 1 amide bonds. The zero-order chi connectivity index (χ0) is 23.0. The zero-order valence-corrected chi connectivity index (χ0v) is 16.8. The van der Waals surface area contributed by atoms with Crippen LogP contribution in [0.5, 0.6) is 0 Å². The number of hydrogen-bond acceptors (Lipinski definition) is 2. The highest BCUT2D eigenvalue weighted by molar-refractivity contribution is 5.81. The summed E-state index contributed by atoms with van der Waals surface area (Å²) in [5.74, 6) is -2.48. The molecule has 1 atom stereocenters. The van der Waals surface area contributed by atoms with Gasteiger partial charge in [0.2, 0.25) is 5.91 Å². The second-order valence-corrected chi connectivity index (χ2v) is 6.81. The molecular weight excluding hydrogens is 419 g/mol. The Morgan fingerprint density at radius 1 is 1.06 bits per heavy atom. The Balaban J connectivity index is 2.12. The van der Waals surface area contributed by atoms with E-state index in [-0.39, 0.29) is 31.0 Å². The van der Waals surface area contributed by atoms with Gasteiger partial charge in [0.1, 0.15) is 11.6 Å². The van der Waals surface area contributed by atoms with E-state index >= 15 is 0 Å². The Kier molecular flexibility index (Phi) is 8.35. The van der Waals surface area contributed by atoms with E-state index in [1.165, 1.54) is 24.3 Å². The second-order valence-electron chi connectivity index (χ2n) is 6.81. The van der Waals surface area contributed by atoms with E-state index in [9.17, 15) is 26.7 Å². The van der Waals surface area contributed by atoms with Gasteiger partial charge >= 0.3 is 6.18 Å². The van der Waals surface area contributed by atoms with Gasteiger partial charge in [-0.15, -0.1) is 0 Å². The van der Waals surface area contributed by atoms with Crippen molar-refractivity contribution in [2.45, 2.75) is 26.1 Å². The number of nitrogens with two attached hydrogens (primary N) is 1. The molecular formula is C21H23F5N4O. The van der Waals surface area contributed by atoms with Crippen molar-refractivity contribution in [3.63, 3.8) is 0 Å². The number of carbonyl (C=O) groups is 1. The van der Waals surface area contributed by atoms with Gasteiger partial charge in [-0.2, -0.15) is 13.2 Å². The van der Waals surface area contributed by atoms with Crippen LogP contribution in [-0.2, 0) is 23.9 Å². The van der Waals surface area contributed by atoms with Gasteiger partial charge in [0.15, 0.2) is 5.96 Å². The molecule has 0 aliphatic heterocycles. The first-order valence-corrected chi connectivity index (χ1v) is 9.51. The topological polar surface area (TPSA) is 79.5 Å². The van der Waals surface area contributed by atoms with Gasteiger partial charge < -0.3 is 16.4 Å². The molecule has 31 heavy (non-hydrogen) atoms. The molecule has 0 spiro atoms. The number of rotatable bonds is 8. The van der Waals surface area contributed by atoms with Crippen molar-refractivity contribution in [1.82, 2.24) is 10.6 Å². The fourth-order valence-electron chi connectivity index (χ4n) is 2.85. The lowest BCUT2D eigenvalue weighted by Gasteiger charge is -2.17. The summed E-state index contributed by atoms with van der Waals surface area (Å²) >= 11 is 0. The first-order valence-electron chi connectivity index (χ1n) is 9.51. The fourth-order valence-corrected chi connectivity index (χ4v) is 2.85. The maximum absolute atomic E-state index is 13.3. The lowest BCUT2D eigenvalue weighted by Crippen LogP contribution is -2.43. The Bertz CT molecular complexity index is 913. The van der Waals surface area contributed by atoms with Gasteiger partial charge in [-0.3, -0.25) is 4.79 Å². The molecule has 168 valence electrons. The monoisotopic (exact) mass is 442 g/mol. The number of carbonyl (C=O) groups excluding carboxylic acids is 1. The number of hydrogen-bond donors (Lipinski definition) is 3. The molecule has 1 unspecified atom stereocenters. The van der Waals surface area contributed by atoms with Crippen molar-refractivity contribution < 1.29 is 26.7 Å². The van der Waals surface area contributed by atoms with E-state index in [4.69, 9.17) is 5.73 Å². The molecule has 0 aliphatic rings. The van der Waals surface area contributed by atoms with Crippen LogP contribution in [0.2, 0.25) is 0 Å². The van der Waals surface area contributed by atoms with Gasteiger partial charge in [-0.05, 0) is 48.7 Å². The Hall–Kier alpha value is -3.17. The van der Waals surface area contributed by atoms with Gasteiger partial charge in [-0.1, -0.05) is 18.2 Å². The van der Waals surface area contributed by atoms with Crippen LogP contribution in [0.4, 0.5) is 22.0 Å². The van der Waals surface area contributed by atoms with Crippen molar-refractivity contribution >= 4 is 11.9 Å². The molecule has 0 saturated carbocycles. The minimum Gasteiger partial charge on any atom is -0.369 e. The maximum atomic E-state index is 13.3. The van der Waals surface area contributed by atoms with Crippen molar-refractivity contribution in [2.75, 3.05) is 13.1 Å². The molecule has 0 fully saturated rings. The number of primary amides is 1. The molecule has 0 aliphatic carbocycles. The molecule has 10 heteroatoms. The van der Waals surface area contributed by atoms with Crippen molar-refractivity contribution in [1.29, 1.82) is 0 Å². The first kappa shape index (κ1) is 24.1. The third-order valence-electron chi connectivity index (χ3n) is 4.44. The number of guanidine groups is 1. The van der Waals surface area contributed by atoms with E-state index in [1.807, 2.05) is 0 Å². The van der Waals surface area contributed by atoms with Crippen molar-refractivity contribution in [3.05, 3.63) is 70.8 Å². The number of alkyl halides is 3. The van der Waals surface area contributed by atoms with Gasteiger partial charge in [-0.25, -0.2) is 13.8 Å². The van der Waals surface area contributed by atoms with Crippen LogP contribution < -0.4 is 16.4 Å². The van der Waals surface area contributed by atoms with E-state index < -0.39 is 35.2 Å². The summed E-state index contributed by atoms with van der Waals surface area (Å²) in [6, 6.07) is 8.02. The molecule has 5 nitrogen and oxygen atoms in total. The highest BCUT2D eigenvalue weighted by Gasteiger charge is 2.33. The summed E-state index contributed by atoms with van der Waals surface area (Å²) in [6.07, 6.45) is -4.47. The predicted octanol–water partition coefficient (Wildman–Crippen LogP) is 3.38. The minimum atomic E-state index is -4.72. The van der Waals surface area contributed by atoms with E-state index in [2.05, 4.69) is 15.6 Å². The van der Waals surface area contributed by atoms with Crippen LogP contribution in [-0.4, -0.2) is 25.0 Å². The third kappa shape index (κ3) is 7.54. The number of nitrogens with one attached hydrogen (secondary N) is 2. The summed E-state index contributed by atoms with van der Waals surface area (Å²) in [5, 5.41) is 5.75. The highest BCUT2D eigenvalue weighted by atomic mass is 19.4. The molecule has 0 radical (unpaired) electrons. The molecule has 0 saturated heterocycles. The lowest BCUT2D eigenvalue weighted by atomic mass is 9.98. The first-order chi connectivity index (χ1) is 14.6. The maximum Gasteiger partial charge on any atom is 0.416 e. The SMILES string of the molecule is CCNC(=NCc1ccc(F)cc1C(F)(F)F)NCC(Cc1ccc(F)cc1)C(N)=O. The molecule has 2 aromatic carbocycles. The second kappa shape index (κ2) is 10.7. The smallest absolute Gasteiger partial charge is 0.369 e. The summed E-state index contributed by atoms with van der Waals surface area (Å²) < 4.78 is 65.8. The average molecular weight is 442 g/mol. The normalized spacial score (nSPS) is 13.0. The van der Waals surface area contributed by atoms with Gasteiger partial charge in [0.05, 0.1) is 18.0 Å². The number of halogens is 5. The standard InChI is InChI=1S/C21H23F5N4O/c1-2-28-20(29-11-14-5-8-17(23)10-18(14)21(24,25)26)30-12-15(19(27)31)9-13-3-6-16(22)7-4-13/h3-8,10,15H,2,9,11-12H2,1H3,(H2,27,31)(H2,28,29,30). The molecule has 0 heterocycles. The van der Waals surface area contributed by atoms with Gasteiger partial charge in [0.25, 0.3) is 0 Å². The molecule has 2 aromatic rings. The fraction of sp³-hybridized carbons (Fsp3) is 0.333. The van der Waals surface area contributed by atoms with Crippen LogP contribution in [0.25, 0.3) is 0 Å². The molecule has 0 bridgehead atoms. The summed E-state index contributed by atoms with van der Waals surface area (Å²) in [5.41, 5.74) is 4.86. The van der Waals surface area contributed by atoms with Crippen molar-refractivity contribution in [3.8, 4) is 0 Å². The quantitative estimate of drug-likeness (QED) is 0.333. The zero-order valence-electron chi connectivity index (χ0n) is 16.8. The van der Waals surface area contributed by atoms with Crippen LogP contribution in [0.3, 0.4) is 0 Å². The summed E-state index contributed by atoms with van der Waals surface area (Å²) in [7, 11) is 0. The predicted molar refractivity (Wildman–Crippen MR) is 107 cm³/mol. The molecule has 2 rings (SSSR count). The Labute approximate surface area is 176 Å². The number of amides is 1. The number of nitrogens with zero attached hydrogens (tertiary/aromatic N) is 1.